The topological polar surface area (TPSA) is 83.4 Å². The average molecular weight is 615 g/mol. The number of thiocarbonyl (C=S) groups is 1. The lowest BCUT2D eigenvalue weighted by Gasteiger charge is -2.29. The number of carbonyl (C=O) groups is 3. The highest BCUT2D eigenvalue weighted by Crippen LogP contribution is 2.39. The van der Waals surface area contributed by atoms with E-state index in [1.165, 1.54) is 9.78 Å². The summed E-state index contributed by atoms with van der Waals surface area (Å²) < 4.78 is 2.06. The number of hydrogen-bond acceptors (Lipinski definition) is 5. The van der Waals surface area contributed by atoms with Crippen molar-refractivity contribution in [3.63, 3.8) is 0 Å². The normalized spacial score (nSPS) is 16.0. The molecule has 1 aliphatic heterocycles. The van der Waals surface area contributed by atoms with Gasteiger partial charge in [0.1, 0.15) is 10.6 Å². The first-order valence-corrected chi connectivity index (χ1v) is 15.2. The Morgan fingerprint density at radius 1 is 1.05 bits per heavy atom. The van der Waals surface area contributed by atoms with Gasteiger partial charge in [-0.05, 0) is 105 Å². The Morgan fingerprint density at radius 3 is 2.57 bits per heavy atom. The molecule has 2 N–H and O–H groups in total. The highest BCUT2D eigenvalue weighted by atomic mass is 35.5. The molecule has 4 aromatic rings. The van der Waals surface area contributed by atoms with Crippen LogP contribution >= 0.6 is 35.2 Å². The predicted molar refractivity (Wildman–Crippen MR) is 172 cm³/mol. The Balaban J connectivity index is 1.42. The lowest BCUT2D eigenvalue weighted by molar-refractivity contribution is -0.122. The van der Waals surface area contributed by atoms with Crippen LogP contribution in [-0.2, 0) is 22.4 Å². The molecule has 212 valence electrons. The minimum Gasteiger partial charge on any atom is -0.322 e. The molecule has 0 saturated carbocycles. The van der Waals surface area contributed by atoms with Gasteiger partial charge in [-0.15, -0.1) is 11.3 Å². The molecule has 6 rings (SSSR count). The minimum atomic E-state index is -0.567. The molecule has 3 amide bonds. The van der Waals surface area contributed by atoms with Gasteiger partial charge < -0.3 is 9.88 Å². The molecule has 2 aliphatic rings. The summed E-state index contributed by atoms with van der Waals surface area (Å²) in [7, 11) is 0. The number of nitrogens with one attached hydrogen (secondary N) is 2. The van der Waals surface area contributed by atoms with Crippen molar-refractivity contribution in [3.8, 4) is 5.00 Å². The van der Waals surface area contributed by atoms with Crippen molar-refractivity contribution in [2.24, 2.45) is 0 Å². The van der Waals surface area contributed by atoms with Crippen molar-refractivity contribution in [1.29, 1.82) is 0 Å². The van der Waals surface area contributed by atoms with Gasteiger partial charge in [0.05, 0.1) is 11.3 Å². The lowest BCUT2D eigenvalue weighted by Crippen LogP contribution is -2.54. The molecule has 0 atom stereocenters. The molecule has 3 heterocycles. The fourth-order valence-corrected chi connectivity index (χ4v) is 7.53. The van der Waals surface area contributed by atoms with Crippen molar-refractivity contribution in [1.82, 2.24) is 9.88 Å². The van der Waals surface area contributed by atoms with Gasteiger partial charge >= 0.3 is 0 Å². The molecule has 1 aliphatic carbocycles. The maximum atomic E-state index is 13.7. The van der Waals surface area contributed by atoms with Gasteiger partial charge in [-0.3, -0.25) is 24.6 Å². The molecule has 42 heavy (non-hydrogen) atoms. The summed E-state index contributed by atoms with van der Waals surface area (Å²) in [6.07, 6.45) is 5.52. The third-order valence-corrected chi connectivity index (χ3v) is 9.35. The molecule has 2 aromatic carbocycles. The zero-order chi connectivity index (χ0) is 29.5. The molecule has 1 fully saturated rings. The SMILES string of the molecule is Cc1cc(/C=C2/C(=O)NC(=S)N(c3cccc(Cl)c3)C2=O)c(C)n1-c1sc2c(c1C(=O)Nc1ccccc1)CCCC2. The van der Waals surface area contributed by atoms with E-state index in [1.807, 2.05) is 50.2 Å². The molecular formula is C32H27ClN4O3S2. The number of aromatic nitrogens is 1. The van der Waals surface area contributed by atoms with Crippen LogP contribution in [0.5, 0.6) is 0 Å². The monoisotopic (exact) mass is 614 g/mol. The smallest absolute Gasteiger partial charge is 0.270 e. The Bertz CT molecular complexity index is 1810. The number of fused-ring (bicyclic) bond motifs is 1. The van der Waals surface area contributed by atoms with Crippen LogP contribution in [0.3, 0.4) is 0 Å². The second kappa shape index (κ2) is 11.3. The van der Waals surface area contributed by atoms with E-state index in [0.29, 0.717) is 21.8 Å². The largest absolute Gasteiger partial charge is 0.322 e. The zero-order valence-corrected chi connectivity index (χ0v) is 25.4. The fraction of sp³-hybridized carbons (Fsp3) is 0.188. The standard InChI is InChI=1S/C32H27ClN4O3S2/c1-18-15-20(16-25-28(38)35-32(41)37(30(25)40)23-12-8-9-21(33)17-23)19(2)36(18)31-27(24-13-6-7-14-26(24)42-31)29(39)34-22-10-4-3-5-11-22/h3-5,8-12,15-17H,6-7,13-14H2,1-2H3,(H,34,39)(H,35,38,41)/b25-16-. The molecule has 0 radical (unpaired) electrons. The van der Waals surface area contributed by atoms with Crippen LogP contribution in [0.1, 0.15) is 50.6 Å². The summed E-state index contributed by atoms with van der Waals surface area (Å²) in [6, 6.07) is 18.1. The maximum absolute atomic E-state index is 13.7. The number of amides is 3. The Morgan fingerprint density at radius 2 is 1.81 bits per heavy atom. The van der Waals surface area contributed by atoms with Crippen LogP contribution in [0.15, 0.2) is 66.2 Å². The van der Waals surface area contributed by atoms with Crippen LogP contribution in [0, 0.1) is 13.8 Å². The first kappa shape index (κ1) is 28.1. The van der Waals surface area contributed by atoms with Crippen LogP contribution < -0.4 is 15.5 Å². The van der Waals surface area contributed by atoms with Gasteiger partial charge in [0.25, 0.3) is 17.7 Å². The van der Waals surface area contributed by atoms with E-state index in [-0.39, 0.29) is 16.6 Å². The van der Waals surface area contributed by atoms with E-state index in [0.717, 1.165) is 53.3 Å². The molecule has 1 saturated heterocycles. The molecule has 10 heteroatoms. The number of thiophene rings is 1. The number of para-hydroxylation sites is 1. The van der Waals surface area contributed by atoms with Gasteiger partial charge in [0.2, 0.25) is 0 Å². The number of nitrogens with zero attached hydrogens (tertiary/aromatic N) is 2. The minimum absolute atomic E-state index is 0.00637. The molecular weight excluding hydrogens is 588 g/mol. The number of halogens is 1. The molecule has 0 bridgehead atoms. The van der Waals surface area contributed by atoms with Gasteiger partial charge in [0, 0.05) is 27.0 Å². The highest BCUT2D eigenvalue weighted by Gasteiger charge is 2.35. The van der Waals surface area contributed by atoms with Crippen molar-refractivity contribution in [2.45, 2.75) is 39.5 Å². The number of anilines is 2. The van der Waals surface area contributed by atoms with Crippen LogP contribution in [0.25, 0.3) is 11.1 Å². The first-order valence-electron chi connectivity index (χ1n) is 13.6. The summed E-state index contributed by atoms with van der Waals surface area (Å²) in [5, 5.41) is 6.98. The summed E-state index contributed by atoms with van der Waals surface area (Å²) in [4.78, 5) is 42.8. The third kappa shape index (κ3) is 5.08. The first-order chi connectivity index (χ1) is 20.2. The quantitative estimate of drug-likeness (QED) is 0.148. The van der Waals surface area contributed by atoms with Gasteiger partial charge in [0.15, 0.2) is 5.11 Å². The fourth-order valence-electron chi connectivity index (χ4n) is 5.57. The maximum Gasteiger partial charge on any atom is 0.270 e. The van der Waals surface area contributed by atoms with E-state index >= 15 is 0 Å². The highest BCUT2D eigenvalue weighted by molar-refractivity contribution is 7.80. The summed E-state index contributed by atoms with van der Waals surface area (Å²) in [5.74, 6) is -1.25. The number of hydrogen-bond donors (Lipinski definition) is 2. The van der Waals surface area contributed by atoms with Crippen LogP contribution in [-0.4, -0.2) is 27.4 Å². The molecule has 0 spiro atoms. The zero-order valence-electron chi connectivity index (χ0n) is 23.0. The average Bonchev–Trinajstić information content (AvgIpc) is 3.47. The third-order valence-electron chi connectivity index (χ3n) is 7.55. The Labute approximate surface area is 257 Å². The van der Waals surface area contributed by atoms with Crippen molar-refractivity contribution in [3.05, 3.63) is 104 Å². The summed E-state index contributed by atoms with van der Waals surface area (Å²) in [5.41, 5.74) is 5.35. The van der Waals surface area contributed by atoms with Gasteiger partial charge in [-0.1, -0.05) is 35.9 Å². The number of benzene rings is 2. The van der Waals surface area contributed by atoms with E-state index in [2.05, 4.69) is 15.2 Å². The van der Waals surface area contributed by atoms with E-state index in [4.69, 9.17) is 23.8 Å². The van der Waals surface area contributed by atoms with Crippen molar-refractivity contribution in [2.75, 3.05) is 10.2 Å². The van der Waals surface area contributed by atoms with E-state index in [9.17, 15) is 14.4 Å². The second-order valence-corrected chi connectivity index (χ2v) is 12.2. The van der Waals surface area contributed by atoms with Crippen LogP contribution in [0.4, 0.5) is 11.4 Å². The van der Waals surface area contributed by atoms with Gasteiger partial charge in [-0.25, -0.2) is 0 Å². The molecule has 0 unspecified atom stereocenters. The predicted octanol–water partition coefficient (Wildman–Crippen LogP) is 6.77. The lowest BCUT2D eigenvalue weighted by atomic mass is 9.95. The van der Waals surface area contributed by atoms with E-state index < -0.39 is 11.8 Å². The summed E-state index contributed by atoms with van der Waals surface area (Å²) >= 11 is 13.1. The summed E-state index contributed by atoms with van der Waals surface area (Å²) in [6.45, 7) is 3.89. The van der Waals surface area contributed by atoms with Gasteiger partial charge in [-0.2, -0.15) is 0 Å². The molecule has 2 aromatic heterocycles. The number of aryl methyl sites for hydroxylation is 2. The number of carbonyl (C=O) groups excluding carboxylic acids is 3. The van der Waals surface area contributed by atoms with Crippen molar-refractivity contribution < 1.29 is 14.4 Å². The Hall–Kier alpha value is -4.05. The second-order valence-electron chi connectivity index (χ2n) is 10.3. The molecule has 7 nitrogen and oxygen atoms in total. The van der Waals surface area contributed by atoms with Crippen LogP contribution in [0.2, 0.25) is 5.02 Å². The van der Waals surface area contributed by atoms with Crippen molar-refractivity contribution >= 4 is 75.4 Å². The van der Waals surface area contributed by atoms with E-state index in [1.54, 1.807) is 41.7 Å². The Kier molecular flexibility index (Phi) is 7.57. The number of rotatable bonds is 5.